The smallest absolute Gasteiger partial charge is 0.270 e. The average Bonchev–Trinajstić information content (AvgIpc) is 3.21. The Balaban J connectivity index is 1.56. The van der Waals surface area contributed by atoms with Crippen molar-refractivity contribution in [2.45, 2.75) is 0 Å². The van der Waals surface area contributed by atoms with E-state index >= 15 is 0 Å². The molecule has 0 radical (unpaired) electrons. The second-order valence-corrected chi connectivity index (χ2v) is 7.02. The van der Waals surface area contributed by atoms with Crippen LogP contribution < -0.4 is 5.32 Å². The Bertz CT molecular complexity index is 997. The number of halogens is 2. The standard InChI is InChI=1S/C22H22F2N4O2/c23-17-3-1-16(2-4-17)20-15-21(28(26-20)19-7-5-18(24)6-8-19)22(29)25-9-10-27-11-13-30-14-12-27/h1-8,15H,9-14H2,(H,25,29). The molecular weight excluding hydrogens is 390 g/mol. The Morgan fingerprint density at radius 3 is 2.30 bits per heavy atom. The summed E-state index contributed by atoms with van der Waals surface area (Å²) >= 11 is 0. The summed E-state index contributed by atoms with van der Waals surface area (Å²) in [6.07, 6.45) is 0. The summed E-state index contributed by atoms with van der Waals surface area (Å²) in [6, 6.07) is 13.3. The Kier molecular flexibility index (Phi) is 6.15. The van der Waals surface area contributed by atoms with Crippen LogP contribution in [0, 0.1) is 11.6 Å². The molecule has 1 amide bonds. The van der Waals surface area contributed by atoms with Crippen LogP contribution >= 0.6 is 0 Å². The van der Waals surface area contributed by atoms with Gasteiger partial charge in [-0.2, -0.15) is 5.10 Å². The highest BCUT2D eigenvalue weighted by Crippen LogP contribution is 2.22. The summed E-state index contributed by atoms with van der Waals surface area (Å²) in [5.41, 5.74) is 2.09. The van der Waals surface area contributed by atoms with Crippen molar-refractivity contribution in [1.82, 2.24) is 20.0 Å². The quantitative estimate of drug-likeness (QED) is 0.677. The van der Waals surface area contributed by atoms with Crippen molar-refractivity contribution in [3.63, 3.8) is 0 Å². The maximum atomic E-state index is 13.4. The van der Waals surface area contributed by atoms with Crippen LogP contribution in [0.15, 0.2) is 54.6 Å². The third-order valence-electron chi connectivity index (χ3n) is 4.97. The number of nitrogens with zero attached hydrogens (tertiary/aromatic N) is 3. The lowest BCUT2D eigenvalue weighted by Gasteiger charge is -2.26. The van der Waals surface area contributed by atoms with Crippen molar-refractivity contribution in [1.29, 1.82) is 0 Å². The maximum absolute atomic E-state index is 13.4. The van der Waals surface area contributed by atoms with Gasteiger partial charge in [0, 0.05) is 31.7 Å². The van der Waals surface area contributed by atoms with Gasteiger partial charge in [-0.25, -0.2) is 13.5 Å². The van der Waals surface area contributed by atoms with Gasteiger partial charge in [0.15, 0.2) is 0 Å². The first-order chi connectivity index (χ1) is 14.6. The molecule has 1 aromatic heterocycles. The van der Waals surface area contributed by atoms with Crippen LogP contribution in [0.1, 0.15) is 10.5 Å². The van der Waals surface area contributed by atoms with Gasteiger partial charge in [-0.1, -0.05) is 0 Å². The SMILES string of the molecule is O=C(NCCN1CCOCC1)c1cc(-c2ccc(F)cc2)nn1-c1ccc(F)cc1. The summed E-state index contributed by atoms with van der Waals surface area (Å²) in [7, 11) is 0. The molecular formula is C22H22F2N4O2. The van der Waals surface area contributed by atoms with Gasteiger partial charge >= 0.3 is 0 Å². The van der Waals surface area contributed by atoms with E-state index in [1.165, 1.54) is 28.9 Å². The highest BCUT2D eigenvalue weighted by atomic mass is 19.1. The van der Waals surface area contributed by atoms with Crippen molar-refractivity contribution >= 4 is 5.91 Å². The molecule has 30 heavy (non-hydrogen) atoms. The Morgan fingerprint density at radius 1 is 1.00 bits per heavy atom. The summed E-state index contributed by atoms with van der Waals surface area (Å²) in [6.45, 7) is 4.30. The van der Waals surface area contributed by atoms with E-state index in [4.69, 9.17) is 4.74 Å². The minimum atomic E-state index is -0.374. The fourth-order valence-electron chi connectivity index (χ4n) is 3.33. The number of benzene rings is 2. The molecule has 0 bridgehead atoms. The summed E-state index contributed by atoms with van der Waals surface area (Å²) < 4.78 is 33.4. The molecule has 6 nitrogen and oxygen atoms in total. The van der Waals surface area contributed by atoms with E-state index in [1.807, 2.05) is 0 Å². The zero-order chi connectivity index (χ0) is 20.9. The number of carbonyl (C=O) groups is 1. The van der Waals surface area contributed by atoms with Gasteiger partial charge in [0.25, 0.3) is 5.91 Å². The molecule has 1 fully saturated rings. The van der Waals surface area contributed by atoms with E-state index < -0.39 is 0 Å². The van der Waals surface area contributed by atoms with Gasteiger partial charge in [0.1, 0.15) is 17.3 Å². The maximum Gasteiger partial charge on any atom is 0.270 e. The number of hydrogen-bond donors (Lipinski definition) is 1. The van der Waals surface area contributed by atoms with E-state index in [1.54, 1.807) is 30.3 Å². The Labute approximate surface area is 173 Å². The van der Waals surface area contributed by atoms with Gasteiger partial charge in [-0.05, 0) is 54.6 Å². The highest BCUT2D eigenvalue weighted by Gasteiger charge is 2.18. The fraction of sp³-hybridized carbons (Fsp3) is 0.273. The topological polar surface area (TPSA) is 59.4 Å². The molecule has 1 N–H and O–H groups in total. The molecule has 156 valence electrons. The summed E-state index contributed by atoms with van der Waals surface area (Å²) in [5.74, 6) is -1.01. The lowest BCUT2D eigenvalue weighted by Crippen LogP contribution is -2.41. The number of amides is 1. The predicted octanol–water partition coefficient (Wildman–Crippen LogP) is 2.88. The number of aromatic nitrogens is 2. The van der Waals surface area contributed by atoms with Crippen LogP contribution in [-0.2, 0) is 4.74 Å². The van der Waals surface area contributed by atoms with E-state index in [9.17, 15) is 13.6 Å². The average molecular weight is 412 g/mol. The van der Waals surface area contributed by atoms with Crippen molar-refractivity contribution in [3.8, 4) is 16.9 Å². The number of ether oxygens (including phenoxy) is 1. The minimum Gasteiger partial charge on any atom is -0.379 e. The van der Waals surface area contributed by atoms with Gasteiger partial charge in [0.2, 0.25) is 0 Å². The molecule has 1 aliphatic heterocycles. The van der Waals surface area contributed by atoms with Crippen molar-refractivity contribution < 1.29 is 18.3 Å². The third kappa shape index (κ3) is 4.72. The first-order valence-electron chi connectivity index (χ1n) is 9.80. The number of rotatable bonds is 6. The number of nitrogens with one attached hydrogen (secondary N) is 1. The highest BCUT2D eigenvalue weighted by molar-refractivity contribution is 5.94. The Morgan fingerprint density at radius 2 is 1.63 bits per heavy atom. The van der Waals surface area contributed by atoms with Gasteiger partial charge in [-0.3, -0.25) is 9.69 Å². The zero-order valence-corrected chi connectivity index (χ0v) is 16.4. The number of carbonyl (C=O) groups excluding carboxylic acids is 1. The normalized spacial score (nSPS) is 14.6. The monoisotopic (exact) mass is 412 g/mol. The summed E-state index contributed by atoms with van der Waals surface area (Å²) in [5, 5.41) is 7.44. The molecule has 1 aliphatic rings. The second-order valence-electron chi connectivity index (χ2n) is 7.02. The molecule has 0 saturated carbocycles. The van der Waals surface area contributed by atoms with Crippen molar-refractivity contribution in [3.05, 3.63) is 71.9 Å². The fourth-order valence-corrected chi connectivity index (χ4v) is 3.33. The van der Waals surface area contributed by atoms with E-state index in [2.05, 4.69) is 15.3 Å². The van der Waals surface area contributed by atoms with Crippen LogP contribution in [-0.4, -0.2) is 60.0 Å². The molecule has 0 atom stereocenters. The predicted molar refractivity (Wildman–Crippen MR) is 109 cm³/mol. The van der Waals surface area contributed by atoms with E-state index in [0.29, 0.717) is 42.4 Å². The lowest BCUT2D eigenvalue weighted by molar-refractivity contribution is 0.0383. The van der Waals surface area contributed by atoms with Crippen molar-refractivity contribution in [2.75, 3.05) is 39.4 Å². The zero-order valence-electron chi connectivity index (χ0n) is 16.4. The molecule has 0 unspecified atom stereocenters. The molecule has 3 aromatic rings. The lowest BCUT2D eigenvalue weighted by atomic mass is 10.1. The van der Waals surface area contributed by atoms with Crippen LogP contribution in [0.3, 0.4) is 0 Å². The number of hydrogen-bond acceptors (Lipinski definition) is 4. The third-order valence-corrected chi connectivity index (χ3v) is 4.97. The largest absolute Gasteiger partial charge is 0.379 e. The molecule has 0 aliphatic carbocycles. The van der Waals surface area contributed by atoms with Crippen LogP contribution in [0.2, 0.25) is 0 Å². The number of morpholine rings is 1. The van der Waals surface area contributed by atoms with E-state index in [0.717, 1.165) is 19.6 Å². The van der Waals surface area contributed by atoms with Gasteiger partial charge in [0.05, 0.1) is 24.6 Å². The van der Waals surface area contributed by atoms with Gasteiger partial charge in [-0.15, -0.1) is 0 Å². The van der Waals surface area contributed by atoms with E-state index in [-0.39, 0.29) is 17.5 Å². The first kappa shape index (κ1) is 20.2. The molecule has 2 aromatic carbocycles. The van der Waals surface area contributed by atoms with Crippen LogP contribution in [0.4, 0.5) is 8.78 Å². The minimum absolute atomic E-state index is 0.284. The van der Waals surface area contributed by atoms with Crippen LogP contribution in [0.5, 0.6) is 0 Å². The summed E-state index contributed by atoms with van der Waals surface area (Å²) in [4.78, 5) is 15.1. The first-order valence-corrected chi connectivity index (χ1v) is 9.80. The molecule has 8 heteroatoms. The molecule has 0 spiro atoms. The Hall–Kier alpha value is -3.10. The molecule has 4 rings (SSSR count). The van der Waals surface area contributed by atoms with Gasteiger partial charge < -0.3 is 10.1 Å². The van der Waals surface area contributed by atoms with Crippen LogP contribution in [0.25, 0.3) is 16.9 Å². The second kappa shape index (κ2) is 9.15. The molecule has 1 saturated heterocycles. The molecule has 2 heterocycles. The van der Waals surface area contributed by atoms with Crippen molar-refractivity contribution in [2.24, 2.45) is 0 Å².